The molecule has 2 aliphatic heterocycles. The van der Waals surface area contributed by atoms with Gasteiger partial charge in [-0.2, -0.15) is 0 Å². The van der Waals surface area contributed by atoms with Crippen LogP contribution in [0.25, 0.3) is 0 Å². The smallest absolute Gasteiger partial charge is 0.254 e. The number of halogens is 1. The Labute approximate surface area is 162 Å². The summed E-state index contributed by atoms with van der Waals surface area (Å²) in [6.45, 7) is 2.28. The minimum Gasteiger partial charge on any atom is -0.338 e. The molecule has 2 aromatic rings. The molecule has 1 saturated heterocycles. The Bertz CT molecular complexity index is 824. The lowest BCUT2D eigenvalue weighted by molar-refractivity contribution is -0.132. The van der Waals surface area contributed by atoms with E-state index in [1.54, 1.807) is 40.9 Å². The van der Waals surface area contributed by atoms with Crippen molar-refractivity contribution in [2.45, 2.75) is 16.6 Å². The molecule has 4 nitrogen and oxygen atoms in total. The number of rotatable bonds is 2. The van der Waals surface area contributed by atoms with E-state index >= 15 is 0 Å². The third-order valence-corrected chi connectivity index (χ3v) is 6.41. The molecule has 0 N–H and O–H groups in total. The third-order valence-electron chi connectivity index (χ3n) is 4.87. The summed E-state index contributed by atoms with van der Waals surface area (Å²) in [6, 6.07) is 15.2. The van der Waals surface area contributed by atoms with Gasteiger partial charge in [0.05, 0.1) is 5.25 Å². The van der Waals surface area contributed by atoms with Gasteiger partial charge in [-0.3, -0.25) is 9.59 Å². The average molecular weight is 387 g/mol. The highest BCUT2D eigenvalue weighted by molar-refractivity contribution is 8.01. The first-order valence-corrected chi connectivity index (χ1v) is 9.96. The van der Waals surface area contributed by atoms with Gasteiger partial charge in [-0.1, -0.05) is 35.9 Å². The summed E-state index contributed by atoms with van der Waals surface area (Å²) < 4.78 is 0. The Hall–Kier alpha value is -1.98. The molecule has 0 radical (unpaired) electrons. The molecule has 0 saturated carbocycles. The lowest BCUT2D eigenvalue weighted by Gasteiger charge is -2.35. The van der Waals surface area contributed by atoms with Gasteiger partial charge in [-0.25, -0.2) is 0 Å². The maximum absolute atomic E-state index is 12.8. The maximum Gasteiger partial charge on any atom is 0.254 e. The van der Waals surface area contributed by atoms with Crippen molar-refractivity contribution in [3.8, 4) is 0 Å². The van der Waals surface area contributed by atoms with Gasteiger partial charge < -0.3 is 9.80 Å². The van der Waals surface area contributed by atoms with Crippen LogP contribution in [0.4, 0.5) is 0 Å². The Kier molecular flexibility index (Phi) is 4.92. The number of thioether (sulfide) groups is 1. The van der Waals surface area contributed by atoms with E-state index in [9.17, 15) is 9.59 Å². The van der Waals surface area contributed by atoms with Gasteiger partial charge >= 0.3 is 0 Å². The topological polar surface area (TPSA) is 40.6 Å². The van der Waals surface area contributed by atoms with Crippen molar-refractivity contribution in [2.75, 3.05) is 26.2 Å². The minimum absolute atomic E-state index is 0.0257. The Morgan fingerprint density at radius 2 is 1.69 bits per heavy atom. The van der Waals surface area contributed by atoms with E-state index in [-0.39, 0.29) is 17.1 Å². The second kappa shape index (κ2) is 7.33. The van der Waals surface area contributed by atoms with E-state index in [0.29, 0.717) is 36.8 Å². The maximum atomic E-state index is 12.8. The van der Waals surface area contributed by atoms with Crippen LogP contribution in [0.2, 0.25) is 5.02 Å². The van der Waals surface area contributed by atoms with Gasteiger partial charge in [0.15, 0.2) is 0 Å². The van der Waals surface area contributed by atoms with Crippen LogP contribution in [-0.2, 0) is 11.2 Å². The monoisotopic (exact) mass is 386 g/mol. The summed E-state index contributed by atoms with van der Waals surface area (Å²) in [6.07, 6.45) is 0.793. The van der Waals surface area contributed by atoms with Crippen LogP contribution in [0.5, 0.6) is 0 Å². The van der Waals surface area contributed by atoms with Gasteiger partial charge in [0.25, 0.3) is 5.91 Å². The summed E-state index contributed by atoms with van der Waals surface area (Å²) in [5.41, 5.74) is 1.85. The predicted molar refractivity (Wildman–Crippen MR) is 104 cm³/mol. The molecule has 2 amide bonds. The molecule has 0 aliphatic carbocycles. The second-order valence-corrected chi connectivity index (χ2v) is 8.23. The number of piperazine rings is 1. The number of hydrogen-bond acceptors (Lipinski definition) is 3. The molecule has 6 heteroatoms. The largest absolute Gasteiger partial charge is 0.338 e. The van der Waals surface area contributed by atoms with Gasteiger partial charge in [-0.15, -0.1) is 11.8 Å². The minimum atomic E-state index is -0.0393. The van der Waals surface area contributed by atoms with Gasteiger partial charge in [-0.05, 0) is 36.2 Å². The van der Waals surface area contributed by atoms with Gasteiger partial charge in [0.2, 0.25) is 5.91 Å². The predicted octanol–water partition coefficient (Wildman–Crippen LogP) is 3.34. The summed E-state index contributed by atoms with van der Waals surface area (Å²) in [4.78, 5) is 30.3. The van der Waals surface area contributed by atoms with Crippen molar-refractivity contribution < 1.29 is 9.59 Å². The molecule has 134 valence electrons. The summed E-state index contributed by atoms with van der Waals surface area (Å²) in [7, 11) is 0. The van der Waals surface area contributed by atoms with Crippen LogP contribution in [0, 0.1) is 0 Å². The first-order chi connectivity index (χ1) is 12.6. The first kappa shape index (κ1) is 17.4. The average Bonchev–Trinajstić information content (AvgIpc) is 3.11. The molecule has 2 heterocycles. The van der Waals surface area contributed by atoms with Crippen LogP contribution in [0.15, 0.2) is 53.4 Å². The van der Waals surface area contributed by atoms with E-state index < -0.39 is 0 Å². The van der Waals surface area contributed by atoms with Crippen LogP contribution >= 0.6 is 23.4 Å². The van der Waals surface area contributed by atoms with E-state index in [1.807, 2.05) is 17.0 Å². The van der Waals surface area contributed by atoms with Crippen molar-refractivity contribution in [3.05, 3.63) is 64.7 Å². The first-order valence-electron chi connectivity index (χ1n) is 8.70. The van der Waals surface area contributed by atoms with Crippen molar-refractivity contribution in [2.24, 2.45) is 0 Å². The number of amides is 2. The Morgan fingerprint density at radius 1 is 0.962 bits per heavy atom. The van der Waals surface area contributed by atoms with E-state index in [4.69, 9.17) is 11.6 Å². The van der Waals surface area contributed by atoms with Crippen molar-refractivity contribution in [1.82, 2.24) is 9.80 Å². The second-order valence-electron chi connectivity index (χ2n) is 6.55. The normalized spacial score (nSPS) is 19.3. The molecular formula is C20H19ClN2O2S. The highest BCUT2D eigenvalue weighted by Crippen LogP contribution is 2.37. The van der Waals surface area contributed by atoms with E-state index in [2.05, 4.69) is 12.1 Å². The van der Waals surface area contributed by atoms with Crippen molar-refractivity contribution in [3.63, 3.8) is 0 Å². The molecule has 1 atom stereocenters. The van der Waals surface area contributed by atoms with Crippen LogP contribution in [0.1, 0.15) is 15.9 Å². The highest BCUT2D eigenvalue weighted by atomic mass is 35.5. The SMILES string of the molecule is O=C(c1cccc(Cl)c1)N1CCN(C(=O)C2Cc3ccccc3S2)CC1. The number of carbonyl (C=O) groups is 2. The zero-order chi connectivity index (χ0) is 18.1. The molecule has 1 unspecified atom stereocenters. The number of nitrogens with zero attached hydrogens (tertiary/aromatic N) is 2. The Balaban J connectivity index is 1.35. The molecule has 0 spiro atoms. The standard InChI is InChI=1S/C20H19ClN2O2S/c21-16-6-3-5-15(12-16)19(24)22-8-10-23(11-9-22)20(25)18-13-14-4-1-2-7-17(14)26-18/h1-7,12,18H,8-11,13H2. The lowest BCUT2D eigenvalue weighted by atomic mass is 10.1. The fourth-order valence-corrected chi connectivity index (χ4v) is 4.93. The van der Waals surface area contributed by atoms with E-state index in [0.717, 1.165) is 6.42 Å². The quantitative estimate of drug-likeness (QED) is 0.794. The van der Waals surface area contributed by atoms with Gasteiger partial charge in [0, 0.05) is 41.7 Å². The van der Waals surface area contributed by atoms with E-state index in [1.165, 1.54) is 10.5 Å². The highest BCUT2D eigenvalue weighted by Gasteiger charge is 2.33. The Morgan fingerprint density at radius 3 is 2.42 bits per heavy atom. The molecule has 2 aliphatic rings. The molecule has 0 bridgehead atoms. The zero-order valence-corrected chi connectivity index (χ0v) is 15.8. The summed E-state index contributed by atoms with van der Waals surface area (Å²) in [5.74, 6) is 0.156. The molecule has 0 aromatic heterocycles. The fraction of sp³-hybridized carbons (Fsp3) is 0.300. The molecule has 1 fully saturated rings. The van der Waals surface area contributed by atoms with Crippen LogP contribution < -0.4 is 0 Å². The molecular weight excluding hydrogens is 368 g/mol. The number of fused-ring (bicyclic) bond motifs is 1. The summed E-state index contributed by atoms with van der Waals surface area (Å²) in [5, 5.41) is 0.519. The zero-order valence-electron chi connectivity index (χ0n) is 14.2. The molecule has 4 rings (SSSR count). The van der Waals surface area contributed by atoms with Crippen LogP contribution in [0.3, 0.4) is 0 Å². The lowest BCUT2D eigenvalue weighted by Crippen LogP contribution is -2.52. The molecule has 26 heavy (non-hydrogen) atoms. The summed E-state index contributed by atoms with van der Waals surface area (Å²) >= 11 is 7.63. The van der Waals surface area contributed by atoms with Crippen LogP contribution in [-0.4, -0.2) is 53.0 Å². The fourth-order valence-electron chi connectivity index (χ4n) is 3.46. The number of benzene rings is 2. The number of carbonyl (C=O) groups excluding carboxylic acids is 2. The van der Waals surface area contributed by atoms with Crippen molar-refractivity contribution in [1.29, 1.82) is 0 Å². The number of hydrogen-bond donors (Lipinski definition) is 0. The molecule has 2 aromatic carbocycles. The van der Waals surface area contributed by atoms with Gasteiger partial charge in [0.1, 0.15) is 0 Å². The van der Waals surface area contributed by atoms with Crippen molar-refractivity contribution >= 4 is 35.2 Å². The third kappa shape index (κ3) is 3.46.